The molecule has 1 aliphatic heterocycles. The van der Waals surface area contributed by atoms with Crippen molar-refractivity contribution in [1.82, 2.24) is 24.2 Å². The summed E-state index contributed by atoms with van der Waals surface area (Å²) in [6.07, 6.45) is 5.79. The highest BCUT2D eigenvalue weighted by molar-refractivity contribution is 5.92. The van der Waals surface area contributed by atoms with Crippen molar-refractivity contribution < 1.29 is 4.79 Å². The number of piperidine rings is 1. The first-order valence-electron chi connectivity index (χ1n) is 8.33. The number of likely N-dealkylation sites (tertiary alicyclic amines) is 1. The minimum atomic E-state index is -0.219. The minimum absolute atomic E-state index is 0.124. The van der Waals surface area contributed by atoms with Crippen LogP contribution in [0.5, 0.6) is 0 Å². The van der Waals surface area contributed by atoms with Crippen LogP contribution in [0.2, 0.25) is 0 Å². The van der Waals surface area contributed by atoms with Gasteiger partial charge < -0.3 is 9.47 Å². The van der Waals surface area contributed by atoms with E-state index in [0.29, 0.717) is 24.7 Å². The zero-order chi connectivity index (χ0) is 17.3. The highest BCUT2D eigenvalue weighted by Crippen LogP contribution is 2.26. The lowest BCUT2D eigenvalue weighted by atomic mass is 10.0. The second kappa shape index (κ2) is 6.59. The lowest BCUT2D eigenvalue weighted by Gasteiger charge is -2.34. The van der Waals surface area contributed by atoms with Crippen molar-refractivity contribution in [3.63, 3.8) is 0 Å². The van der Waals surface area contributed by atoms with Gasteiger partial charge in [-0.25, -0.2) is 9.67 Å². The van der Waals surface area contributed by atoms with Crippen LogP contribution >= 0.6 is 0 Å². The number of carbonyl (C=O) groups excluding carboxylic acids is 1. The second-order valence-corrected chi connectivity index (χ2v) is 6.58. The second-order valence-electron chi connectivity index (χ2n) is 6.58. The van der Waals surface area contributed by atoms with E-state index in [1.807, 2.05) is 17.3 Å². The number of aromatic nitrogens is 4. The van der Waals surface area contributed by atoms with Crippen LogP contribution in [0.3, 0.4) is 0 Å². The summed E-state index contributed by atoms with van der Waals surface area (Å²) in [7, 11) is 1.55. The number of rotatable bonds is 3. The molecule has 0 N–H and O–H groups in total. The molecule has 1 fully saturated rings. The van der Waals surface area contributed by atoms with E-state index in [0.717, 1.165) is 18.7 Å². The topological polar surface area (TPSA) is 73.0 Å². The zero-order valence-electron chi connectivity index (χ0n) is 14.3. The Morgan fingerprint density at radius 3 is 2.83 bits per heavy atom. The molecule has 0 aromatic carbocycles. The number of amides is 1. The van der Waals surface area contributed by atoms with Gasteiger partial charge in [0.05, 0.1) is 6.04 Å². The SMILES string of the molecule is CC(C)c1nccn1[C@H]1CCCN(C(=O)c2ccc(=O)n(C)n2)C1. The van der Waals surface area contributed by atoms with Gasteiger partial charge in [-0.2, -0.15) is 5.10 Å². The van der Waals surface area contributed by atoms with Crippen LogP contribution in [0, 0.1) is 0 Å². The summed E-state index contributed by atoms with van der Waals surface area (Å²) in [4.78, 5) is 30.4. The minimum Gasteiger partial charge on any atom is -0.335 e. The third-order valence-corrected chi connectivity index (χ3v) is 4.47. The average Bonchev–Trinajstić information content (AvgIpc) is 3.07. The monoisotopic (exact) mass is 329 g/mol. The van der Waals surface area contributed by atoms with E-state index in [9.17, 15) is 9.59 Å². The maximum absolute atomic E-state index is 12.7. The molecule has 1 aliphatic rings. The van der Waals surface area contributed by atoms with Crippen LogP contribution in [0.15, 0.2) is 29.3 Å². The van der Waals surface area contributed by atoms with Gasteiger partial charge in [0, 0.05) is 44.5 Å². The van der Waals surface area contributed by atoms with Crippen LogP contribution in [0.4, 0.5) is 0 Å². The number of imidazole rings is 1. The van der Waals surface area contributed by atoms with E-state index in [4.69, 9.17) is 0 Å². The molecular weight excluding hydrogens is 306 g/mol. The Morgan fingerprint density at radius 1 is 1.33 bits per heavy atom. The Hall–Kier alpha value is -2.44. The van der Waals surface area contributed by atoms with Crippen molar-refractivity contribution in [2.75, 3.05) is 13.1 Å². The molecule has 0 radical (unpaired) electrons. The summed E-state index contributed by atoms with van der Waals surface area (Å²) in [5, 5.41) is 4.08. The molecule has 1 atom stereocenters. The van der Waals surface area contributed by atoms with Crippen molar-refractivity contribution in [2.24, 2.45) is 7.05 Å². The number of hydrogen-bond donors (Lipinski definition) is 0. The highest BCUT2D eigenvalue weighted by Gasteiger charge is 2.27. The number of hydrogen-bond acceptors (Lipinski definition) is 4. The molecule has 1 saturated heterocycles. The number of aryl methyl sites for hydroxylation is 1. The molecule has 2 aromatic heterocycles. The fourth-order valence-electron chi connectivity index (χ4n) is 3.23. The first-order chi connectivity index (χ1) is 11.5. The molecule has 128 valence electrons. The van der Waals surface area contributed by atoms with Gasteiger partial charge in [0.1, 0.15) is 11.5 Å². The Kier molecular flexibility index (Phi) is 4.51. The summed E-state index contributed by atoms with van der Waals surface area (Å²) >= 11 is 0. The molecule has 0 bridgehead atoms. The van der Waals surface area contributed by atoms with Gasteiger partial charge in [0.25, 0.3) is 11.5 Å². The molecule has 1 amide bonds. The predicted molar refractivity (Wildman–Crippen MR) is 90.0 cm³/mol. The van der Waals surface area contributed by atoms with E-state index in [1.165, 1.54) is 16.8 Å². The Morgan fingerprint density at radius 2 is 2.12 bits per heavy atom. The lowest BCUT2D eigenvalue weighted by molar-refractivity contribution is 0.0669. The van der Waals surface area contributed by atoms with Crippen molar-refractivity contribution >= 4 is 5.91 Å². The van der Waals surface area contributed by atoms with E-state index in [1.54, 1.807) is 7.05 Å². The summed E-state index contributed by atoms with van der Waals surface area (Å²) in [5.41, 5.74) is 0.0931. The van der Waals surface area contributed by atoms with E-state index in [2.05, 4.69) is 28.5 Å². The third-order valence-electron chi connectivity index (χ3n) is 4.47. The quantitative estimate of drug-likeness (QED) is 0.857. The van der Waals surface area contributed by atoms with Crippen molar-refractivity contribution in [3.8, 4) is 0 Å². The standard InChI is InChI=1S/C17H23N5O2/c1-12(2)16-18-8-10-22(16)13-5-4-9-21(11-13)17(24)14-6-7-15(23)20(3)19-14/h6-8,10,12-13H,4-5,9,11H2,1-3H3/t13-/m0/s1. The first kappa shape index (κ1) is 16.4. The van der Waals surface area contributed by atoms with Gasteiger partial charge in [0.15, 0.2) is 0 Å². The molecule has 2 aromatic rings. The summed E-state index contributed by atoms with van der Waals surface area (Å²) in [6.45, 7) is 5.60. The van der Waals surface area contributed by atoms with Gasteiger partial charge in [0.2, 0.25) is 0 Å². The molecule has 7 nitrogen and oxygen atoms in total. The van der Waals surface area contributed by atoms with Crippen molar-refractivity contribution in [2.45, 2.75) is 38.6 Å². The van der Waals surface area contributed by atoms with Crippen LogP contribution in [0.25, 0.3) is 0 Å². The lowest BCUT2D eigenvalue weighted by Crippen LogP contribution is -2.41. The smallest absolute Gasteiger partial charge is 0.274 e. The first-order valence-corrected chi connectivity index (χ1v) is 8.33. The highest BCUT2D eigenvalue weighted by atomic mass is 16.2. The zero-order valence-corrected chi connectivity index (χ0v) is 14.3. The van der Waals surface area contributed by atoms with Crippen LogP contribution in [-0.2, 0) is 7.05 Å². The summed E-state index contributed by atoms with van der Waals surface area (Å²) < 4.78 is 3.39. The Labute approximate surface area is 140 Å². The number of nitrogens with zero attached hydrogens (tertiary/aromatic N) is 5. The Bertz CT molecular complexity index is 792. The predicted octanol–water partition coefficient (Wildman–Crippen LogP) is 1.58. The summed E-state index contributed by atoms with van der Waals surface area (Å²) in [5.74, 6) is 1.27. The average molecular weight is 329 g/mol. The van der Waals surface area contributed by atoms with Gasteiger partial charge in [-0.1, -0.05) is 13.8 Å². The van der Waals surface area contributed by atoms with Gasteiger partial charge in [-0.3, -0.25) is 9.59 Å². The van der Waals surface area contributed by atoms with Crippen LogP contribution < -0.4 is 5.56 Å². The Balaban J connectivity index is 1.80. The van der Waals surface area contributed by atoms with Crippen LogP contribution in [-0.4, -0.2) is 43.2 Å². The van der Waals surface area contributed by atoms with Crippen molar-refractivity contribution in [1.29, 1.82) is 0 Å². The molecular formula is C17H23N5O2. The van der Waals surface area contributed by atoms with Gasteiger partial charge in [-0.15, -0.1) is 0 Å². The third kappa shape index (κ3) is 3.11. The molecule has 7 heteroatoms. The van der Waals surface area contributed by atoms with Gasteiger partial charge >= 0.3 is 0 Å². The molecule has 24 heavy (non-hydrogen) atoms. The molecule has 3 rings (SSSR count). The maximum Gasteiger partial charge on any atom is 0.274 e. The molecule has 0 unspecified atom stereocenters. The van der Waals surface area contributed by atoms with Crippen LogP contribution in [0.1, 0.15) is 55.0 Å². The fourth-order valence-corrected chi connectivity index (χ4v) is 3.23. The normalized spacial score (nSPS) is 18.2. The van der Waals surface area contributed by atoms with E-state index >= 15 is 0 Å². The maximum atomic E-state index is 12.7. The molecule has 0 aliphatic carbocycles. The van der Waals surface area contributed by atoms with E-state index in [-0.39, 0.29) is 17.5 Å². The molecule has 0 saturated carbocycles. The summed E-state index contributed by atoms with van der Waals surface area (Å²) in [6, 6.07) is 3.12. The van der Waals surface area contributed by atoms with Gasteiger partial charge in [-0.05, 0) is 18.9 Å². The van der Waals surface area contributed by atoms with E-state index < -0.39 is 0 Å². The molecule has 3 heterocycles. The largest absolute Gasteiger partial charge is 0.335 e. The number of carbonyl (C=O) groups is 1. The van der Waals surface area contributed by atoms with Crippen molar-refractivity contribution in [3.05, 3.63) is 46.4 Å². The fraction of sp³-hybridized carbons (Fsp3) is 0.529. The molecule has 0 spiro atoms.